The molecule has 0 amide bonds. The lowest BCUT2D eigenvalue weighted by Gasteiger charge is -2.17. The maximum absolute atomic E-state index is 4.92. The Kier molecular flexibility index (Phi) is 9.66. The topological polar surface area (TPSA) is 63.8 Å². The van der Waals surface area contributed by atoms with Crippen molar-refractivity contribution < 1.29 is 14.5 Å². The van der Waals surface area contributed by atoms with Gasteiger partial charge in [-0.3, -0.25) is 14.5 Å². The average Bonchev–Trinajstić information content (AvgIpc) is 2.17. The van der Waals surface area contributed by atoms with E-state index in [1.807, 2.05) is 20.8 Å². The average molecular weight is 192 g/mol. The molecule has 0 atom stereocenters. The summed E-state index contributed by atoms with van der Waals surface area (Å²) in [7, 11) is 0. The van der Waals surface area contributed by atoms with Gasteiger partial charge in [0, 0.05) is 0 Å². The van der Waals surface area contributed by atoms with E-state index >= 15 is 0 Å². The Morgan fingerprint density at radius 2 is 1.08 bits per heavy atom. The fourth-order valence-electron chi connectivity index (χ4n) is 0.496. The standard InChI is InChI=1S/C7H18N3O3/c1-4-11-8-7(9-12-5-2)10-13-6-3/h8-10H,4-6H2,1-3H3. The lowest BCUT2D eigenvalue weighted by atomic mass is 10.9. The summed E-state index contributed by atoms with van der Waals surface area (Å²) in [5, 5.41) is 0. The van der Waals surface area contributed by atoms with Gasteiger partial charge in [0.2, 0.25) is 6.29 Å². The third-order valence-electron chi connectivity index (χ3n) is 0.956. The van der Waals surface area contributed by atoms with Gasteiger partial charge in [0.1, 0.15) is 0 Å². The van der Waals surface area contributed by atoms with Crippen LogP contribution in [0.15, 0.2) is 0 Å². The van der Waals surface area contributed by atoms with E-state index in [2.05, 4.69) is 16.4 Å². The first-order valence-electron chi connectivity index (χ1n) is 4.35. The van der Waals surface area contributed by atoms with Crippen molar-refractivity contribution >= 4 is 0 Å². The first kappa shape index (κ1) is 12.8. The van der Waals surface area contributed by atoms with Crippen molar-refractivity contribution in [3.05, 3.63) is 6.29 Å². The molecule has 0 aromatic heterocycles. The molecule has 0 aliphatic rings. The van der Waals surface area contributed by atoms with E-state index in [1.165, 1.54) is 0 Å². The molecule has 0 saturated carbocycles. The van der Waals surface area contributed by atoms with Crippen molar-refractivity contribution in [2.75, 3.05) is 19.8 Å². The Hall–Kier alpha value is -0.240. The minimum Gasteiger partial charge on any atom is -0.299 e. The monoisotopic (exact) mass is 192 g/mol. The molecule has 1 radical (unpaired) electrons. The van der Waals surface area contributed by atoms with Crippen LogP contribution in [0.2, 0.25) is 0 Å². The fraction of sp³-hybridized carbons (Fsp3) is 0.857. The molecule has 0 unspecified atom stereocenters. The second-order valence-corrected chi connectivity index (χ2v) is 1.98. The molecule has 6 nitrogen and oxygen atoms in total. The van der Waals surface area contributed by atoms with Gasteiger partial charge in [-0.2, -0.15) is 16.4 Å². The fourth-order valence-corrected chi connectivity index (χ4v) is 0.496. The summed E-state index contributed by atoms with van der Waals surface area (Å²) in [6.45, 7) is 7.24. The van der Waals surface area contributed by atoms with E-state index in [0.717, 1.165) is 0 Å². The summed E-state index contributed by atoms with van der Waals surface area (Å²) >= 11 is 0. The molecular weight excluding hydrogens is 174 g/mol. The van der Waals surface area contributed by atoms with Crippen molar-refractivity contribution in [1.82, 2.24) is 16.4 Å². The molecule has 3 N–H and O–H groups in total. The van der Waals surface area contributed by atoms with Crippen molar-refractivity contribution in [3.8, 4) is 0 Å². The molecule has 0 aromatic carbocycles. The Morgan fingerprint density at radius 3 is 1.31 bits per heavy atom. The third-order valence-corrected chi connectivity index (χ3v) is 0.956. The minimum atomic E-state index is 0.422. The Bertz CT molecular complexity index is 86.0. The quantitative estimate of drug-likeness (QED) is 0.449. The zero-order valence-corrected chi connectivity index (χ0v) is 8.35. The van der Waals surface area contributed by atoms with E-state index in [9.17, 15) is 0 Å². The van der Waals surface area contributed by atoms with Crippen molar-refractivity contribution in [3.63, 3.8) is 0 Å². The molecule has 79 valence electrons. The summed E-state index contributed by atoms with van der Waals surface area (Å²) in [5.74, 6) is 0. The van der Waals surface area contributed by atoms with Gasteiger partial charge in [0.05, 0.1) is 19.8 Å². The summed E-state index contributed by atoms with van der Waals surface area (Å²) in [5.41, 5.74) is 7.75. The molecule has 0 spiro atoms. The summed E-state index contributed by atoms with van der Waals surface area (Å²) in [4.78, 5) is 14.8. The second kappa shape index (κ2) is 9.85. The highest BCUT2D eigenvalue weighted by Crippen LogP contribution is 1.84. The largest absolute Gasteiger partial charge is 0.299 e. The van der Waals surface area contributed by atoms with E-state index in [0.29, 0.717) is 26.1 Å². The Labute approximate surface area is 78.8 Å². The number of rotatable bonds is 9. The van der Waals surface area contributed by atoms with E-state index in [1.54, 1.807) is 0 Å². The van der Waals surface area contributed by atoms with Crippen LogP contribution in [0.25, 0.3) is 0 Å². The molecule has 0 bridgehead atoms. The molecule has 0 heterocycles. The van der Waals surface area contributed by atoms with Crippen molar-refractivity contribution in [2.45, 2.75) is 20.8 Å². The van der Waals surface area contributed by atoms with Crippen LogP contribution in [-0.2, 0) is 14.5 Å². The van der Waals surface area contributed by atoms with Crippen LogP contribution in [0.4, 0.5) is 0 Å². The van der Waals surface area contributed by atoms with Crippen LogP contribution in [0, 0.1) is 6.29 Å². The lowest BCUT2D eigenvalue weighted by Crippen LogP contribution is -2.44. The van der Waals surface area contributed by atoms with Crippen LogP contribution < -0.4 is 16.4 Å². The summed E-state index contributed by atoms with van der Waals surface area (Å²) in [6.07, 6.45) is 0.422. The van der Waals surface area contributed by atoms with Crippen LogP contribution >= 0.6 is 0 Å². The van der Waals surface area contributed by atoms with Crippen LogP contribution in [0.1, 0.15) is 20.8 Å². The molecule has 0 aliphatic carbocycles. The molecule has 0 aromatic rings. The van der Waals surface area contributed by atoms with Gasteiger partial charge < -0.3 is 0 Å². The summed E-state index contributed by atoms with van der Waals surface area (Å²) in [6, 6.07) is 0. The van der Waals surface area contributed by atoms with E-state index in [-0.39, 0.29) is 0 Å². The smallest absolute Gasteiger partial charge is 0.242 e. The number of hydrogen-bond donors (Lipinski definition) is 3. The predicted octanol–water partition coefficient (Wildman–Crippen LogP) is 0.0567. The van der Waals surface area contributed by atoms with Crippen molar-refractivity contribution in [2.24, 2.45) is 0 Å². The zero-order valence-electron chi connectivity index (χ0n) is 8.35. The maximum Gasteiger partial charge on any atom is 0.242 e. The number of hydrogen-bond acceptors (Lipinski definition) is 6. The Balaban J connectivity index is 3.47. The molecule has 6 heteroatoms. The van der Waals surface area contributed by atoms with Gasteiger partial charge in [-0.15, -0.1) is 0 Å². The van der Waals surface area contributed by atoms with E-state index in [4.69, 9.17) is 14.5 Å². The van der Waals surface area contributed by atoms with Crippen LogP contribution in [0.5, 0.6) is 0 Å². The van der Waals surface area contributed by atoms with E-state index < -0.39 is 0 Å². The van der Waals surface area contributed by atoms with Gasteiger partial charge >= 0.3 is 0 Å². The van der Waals surface area contributed by atoms with Crippen LogP contribution in [-0.4, -0.2) is 19.8 Å². The molecule has 13 heavy (non-hydrogen) atoms. The molecule has 0 aliphatic heterocycles. The first-order valence-corrected chi connectivity index (χ1v) is 4.35. The van der Waals surface area contributed by atoms with Gasteiger partial charge in [-0.1, -0.05) is 0 Å². The molecule has 0 fully saturated rings. The summed E-state index contributed by atoms with van der Waals surface area (Å²) < 4.78 is 0. The highest BCUT2D eigenvalue weighted by molar-refractivity contribution is 4.66. The minimum absolute atomic E-state index is 0.422. The Morgan fingerprint density at radius 1 is 0.769 bits per heavy atom. The third kappa shape index (κ3) is 8.10. The first-order chi connectivity index (χ1) is 6.35. The zero-order chi connectivity index (χ0) is 9.94. The van der Waals surface area contributed by atoms with Gasteiger partial charge in [-0.05, 0) is 20.8 Å². The maximum atomic E-state index is 4.92. The highest BCUT2D eigenvalue weighted by atomic mass is 16.7. The van der Waals surface area contributed by atoms with Gasteiger partial charge in [0.25, 0.3) is 0 Å². The van der Waals surface area contributed by atoms with Gasteiger partial charge in [0.15, 0.2) is 0 Å². The van der Waals surface area contributed by atoms with Crippen LogP contribution in [0.3, 0.4) is 0 Å². The second-order valence-electron chi connectivity index (χ2n) is 1.98. The SMILES string of the molecule is CCON[C](NOCC)NOCC. The lowest BCUT2D eigenvalue weighted by molar-refractivity contribution is -0.0709. The predicted molar refractivity (Wildman–Crippen MR) is 47.5 cm³/mol. The molecular formula is C7H18N3O3. The molecule has 0 saturated heterocycles. The molecule has 0 rings (SSSR count). The highest BCUT2D eigenvalue weighted by Gasteiger charge is 2.07. The number of hydroxylamine groups is 3. The van der Waals surface area contributed by atoms with Gasteiger partial charge in [-0.25, -0.2) is 0 Å². The van der Waals surface area contributed by atoms with Crippen molar-refractivity contribution in [1.29, 1.82) is 0 Å². The number of nitrogens with one attached hydrogen (secondary N) is 3. The normalized spacial score (nSPS) is 11.1.